The summed E-state index contributed by atoms with van der Waals surface area (Å²) < 4.78 is 16.8. The van der Waals surface area contributed by atoms with Gasteiger partial charge in [0.1, 0.15) is 0 Å². The van der Waals surface area contributed by atoms with Crippen molar-refractivity contribution in [3.8, 4) is 0 Å². The number of benzene rings is 1. The highest BCUT2D eigenvalue weighted by atomic mass is 16.5. The van der Waals surface area contributed by atoms with Crippen LogP contribution in [0.15, 0.2) is 27.4 Å². The molecule has 0 spiro atoms. The highest BCUT2D eigenvalue weighted by molar-refractivity contribution is 5.93. The summed E-state index contributed by atoms with van der Waals surface area (Å²) in [5.41, 5.74) is 1.45. The fraction of sp³-hybridized carbons (Fsp3) is 0.467. The lowest BCUT2D eigenvalue weighted by Gasteiger charge is -2.26. The molecule has 0 radical (unpaired) electrons. The summed E-state index contributed by atoms with van der Waals surface area (Å²) in [6.45, 7) is 4.50. The van der Waals surface area contributed by atoms with Crippen LogP contribution in [-0.4, -0.2) is 55.4 Å². The standard InChI is InChI=1S/C15H18N2O5/c1-20-14(18)11-2-3-12-13(10-11)22-15(19)17(12)5-4-16-6-8-21-9-7-16/h2-3,10H,4-9H2,1H3. The molecule has 1 aromatic carbocycles. The van der Waals surface area contributed by atoms with E-state index in [1.807, 2.05) is 0 Å². The minimum Gasteiger partial charge on any atom is -0.465 e. The molecule has 0 atom stereocenters. The Morgan fingerprint density at radius 3 is 2.77 bits per heavy atom. The van der Waals surface area contributed by atoms with Gasteiger partial charge in [-0.05, 0) is 18.2 Å². The average molecular weight is 306 g/mol. The average Bonchev–Trinajstić information content (AvgIpc) is 2.87. The number of oxazole rings is 1. The number of nitrogens with zero attached hydrogens (tertiary/aromatic N) is 2. The minimum absolute atomic E-state index is 0.365. The third kappa shape index (κ3) is 2.90. The van der Waals surface area contributed by atoms with Crippen LogP contribution < -0.4 is 5.76 Å². The van der Waals surface area contributed by atoms with Crippen LogP contribution >= 0.6 is 0 Å². The molecule has 22 heavy (non-hydrogen) atoms. The summed E-state index contributed by atoms with van der Waals surface area (Å²) in [6, 6.07) is 4.88. The number of hydrogen-bond acceptors (Lipinski definition) is 6. The van der Waals surface area contributed by atoms with E-state index in [1.54, 1.807) is 16.7 Å². The lowest BCUT2D eigenvalue weighted by atomic mass is 10.2. The van der Waals surface area contributed by atoms with Gasteiger partial charge in [-0.1, -0.05) is 0 Å². The van der Waals surface area contributed by atoms with Crippen LogP contribution in [0.3, 0.4) is 0 Å². The Kier molecular flexibility index (Phi) is 4.26. The minimum atomic E-state index is -0.453. The van der Waals surface area contributed by atoms with Gasteiger partial charge in [0, 0.05) is 26.2 Å². The third-order valence-corrected chi connectivity index (χ3v) is 3.83. The summed E-state index contributed by atoms with van der Waals surface area (Å²) in [5.74, 6) is -0.865. The van der Waals surface area contributed by atoms with Crippen molar-refractivity contribution in [2.45, 2.75) is 6.54 Å². The number of aromatic nitrogens is 1. The Morgan fingerprint density at radius 1 is 1.27 bits per heavy atom. The van der Waals surface area contributed by atoms with Gasteiger partial charge < -0.3 is 13.9 Å². The molecule has 1 saturated heterocycles. The van der Waals surface area contributed by atoms with Crippen molar-refractivity contribution in [1.29, 1.82) is 0 Å². The van der Waals surface area contributed by atoms with Crippen molar-refractivity contribution >= 4 is 17.1 Å². The second-order valence-electron chi connectivity index (χ2n) is 5.15. The van der Waals surface area contributed by atoms with Crippen molar-refractivity contribution in [1.82, 2.24) is 9.47 Å². The van der Waals surface area contributed by atoms with E-state index in [2.05, 4.69) is 9.64 Å². The second-order valence-corrected chi connectivity index (χ2v) is 5.15. The van der Waals surface area contributed by atoms with Crippen molar-refractivity contribution in [2.75, 3.05) is 40.0 Å². The normalized spacial score (nSPS) is 16.0. The highest BCUT2D eigenvalue weighted by Gasteiger charge is 2.15. The quantitative estimate of drug-likeness (QED) is 0.775. The van der Waals surface area contributed by atoms with Gasteiger partial charge in [0.25, 0.3) is 0 Å². The molecule has 7 heteroatoms. The summed E-state index contributed by atoms with van der Waals surface area (Å²) in [5, 5.41) is 0. The van der Waals surface area contributed by atoms with Crippen LogP contribution in [0.5, 0.6) is 0 Å². The summed E-state index contributed by atoms with van der Waals surface area (Å²) in [6.07, 6.45) is 0. The molecule has 3 rings (SSSR count). The van der Waals surface area contributed by atoms with E-state index in [0.29, 0.717) is 23.2 Å². The Labute approximate surface area is 127 Å². The topological polar surface area (TPSA) is 73.9 Å². The predicted molar refractivity (Wildman–Crippen MR) is 79.1 cm³/mol. The number of rotatable bonds is 4. The number of carbonyl (C=O) groups is 1. The molecule has 0 bridgehead atoms. The lowest BCUT2D eigenvalue weighted by molar-refractivity contribution is 0.0363. The Hall–Kier alpha value is -2.12. The van der Waals surface area contributed by atoms with E-state index in [-0.39, 0.29) is 0 Å². The van der Waals surface area contributed by atoms with Crippen LogP contribution in [0, 0.1) is 0 Å². The second kappa shape index (κ2) is 6.33. The molecule has 118 valence electrons. The SMILES string of the molecule is COC(=O)c1ccc2c(c1)oc(=O)n2CCN1CCOCC1. The van der Waals surface area contributed by atoms with Gasteiger partial charge in [0.2, 0.25) is 0 Å². The monoisotopic (exact) mass is 306 g/mol. The zero-order valence-corrected chi connectivity index (χ0v) is 12.4. The van der Waals surface area contributed by atoms with Gasteiger partial charge in [-0.2, -0.15) is 0 Å². The molecule has 1 aliphatic heterocycles. The molecule has 0 N–H and O–H groups in total. The fourth-order valence-corrected chi connectivity index (χ4v) is 2.59. The number of esters is 1. The number of hydrogen-bond donors (Lipinski definition) is 0. The maximum absolute atomic E-state index is 12.0. The van der Waals surface area contributed by atoms with Gasteiger partial charge in [0.05, 0.1) is 31.4 Å². The van der Waals surface area contributed by atoms with Crippen molar-refractivity contribution in [2.24, 2.45) is 0 Å². The Morgan fingerprint density at radius 2 is 2.05 bits per heavy atom. The first-order chi connectivity index (χ1) is 10.7. The molecular weight excluding hydrogens is 288 g/mol. The highest BCUT2D eigenvalue weighted by Crippen LogP contribution is 2.16. The largest absolute Gasteiger partial charge is 0.465 e. The van der Waals surface area contributed by atoms with Crippen molar-refractivity contribution in [3.05, 3.63) is 34.3 Å². The van der Waals surface area contributed by atoms with E-state index in [1.165, 1.54) is 13.2 Å². The Bertz CT molecular complexity index is 727. The van der Waals surface area contributed by atoms with E-state index in [0.717, 1.165) is 32.8 Å². The van der Waals surface area contributed by atoms with Gasteiger partial charge in [0.15, 0.2) is 5.58 Å². The molecule has 0 aliphatic carbocycles. The van der Waals surface area contributed by atoms with Crippen LogP contribution in [0.1, 0.15) is 10.4 Å². The zero-order valence-electron chi connectivity index (χ0n) is 12.4. The van der Waals surface area contributed by atoms with Gasteiger partial charge in [-0.25, -0.2) is 9.59 Å². The van der Waals surface area contributed by atoms with Gasteiger partial charge >= 0.3 is 11.7 Å². The van der Waals surface area contributed by atoms with Crippen LogP contribution in [-0.2, 0) is 16.0 Å². The van der Waals surface area contributed by atoms with Gasteiger partial charge in [-0.15, -0.1) is 0 Å². The number of carbonyl (C=O) groups excluding carboxylic acids is 1. The number of morpholine rings is 1. The number of fused-ring (bicyclic) bond motifs is 1. The maximum Gasteiger partial charge on any atom is 0.419 e. The molecule has 0 unspecified atom stereocenters. The molecular formula is C15H18N2O5. The molecule has 2 heterocycles. The Balaban J connectivity index is 1.81. The molecule has 1 fully saturated rings. The molecule has 1 aliphatic rings. The summed E-state index contributed by atoms with van der Waals surface area (Å²) in [7, 11) is 1.32. The molecule has 0 amide bonds. The lowest BCUT2D eigenvalue weighted by Crippen LogP contribution is -2.38. The molecule has 1 aromatic heterocycles. The number of ether oxygens (including phenoxy) is 2. The summed E-state index contributed by atoms with van der Waals surface area (Å²) >= 11 is 0. The first-order valence-corrected chi connectivity index (χ1v) is 7.21. The fourth-order valence-electron chi connectivity index (χ4n) is 2.59. The maximum atomic E-state index is 12.0. The van der Waals surface area contributed by atoms with E-state index >= 15 is 0 Å². The van der Waals surface area contributed by atoms with Crippen molar-refractivity contribution < 1.29 is 18.7 Å². The predicted octanol–water partition coefficient (Wildman–Crippen LogP) is 0.713. The first-order valence-electron chi connectivity index (χ1n) is 7.21. The smallest absolute Gasteiger partial charge is 0.419 e. The van der Waals surface area contributed by atoms with Crippen molar-refractivity contribution in [3.63, 3.8) is 0 Å². The van der Waals surface area contributed by atoms with Crippen LogP contribution in [0.4, 0.5) is 0 Å². The first kappa shape index (κ1) is 14.8. The van der Waals surface area contributed by atoms with E-state index < -0.39 is 11.7 Å². The molecule has 0 saturated carbocycles. The van der Waals surface area contributed by atoms with E-state index in [9.17, 15) is 9.59 Å². The van der Waals surface area contributed by atoms with Crippen LogP contribution in [0.2, 0.25) is 0 Å². The van der Waals surface area contributed by atoms with E-state index in [4.69, 9.17) is 9.15 Å². The zero-order chi connectivity index (χ0) is 15.5. The third-order valence-electron chi connectivity index (χ3n) is 3.83. The summed E-state index contributed by atoms with van der Waals surface area (Å²) in [4.78, 5) is 25.8. The van der Waals surface area contributed by atoms with Crippen LogP contribution in [0.25, 0.3) is 11.1 Å². The molecule has 7 nitrogen and oxygen atoms in total. The van der Waals surface area contributed by atoms with Gasteiger partial charge in [-0.3, -0.25) is 9.47 Å². The molecule has 2 aromatic rings. The number of methoxy groups -OCH3 is 1.